The molecule has 1 unspecified atom stereocenters. The molecule has 6 heteroatoms. The van der Waals surface area contributed by atoms with Crippen LogP contribution >= 0.6 is 11.6 Å². The number of carbonyl (C=O) groups is 1. The molecule has 0 spiro atoms. The number of halogens is 1. The molecule has 0 bridgehead atoms. The first kappa shape index (κ1) is 17.7. The third kappa shape index (κ3) is 5.20. The van der Waals surface area contributed by atoms with Gasteiger partial charge in [-0.25, -0.2) is 4.79 Å². The zero-order valence-electron chi connectivity index (χ0n) is 14.2. The largest absolute Gasteiger partial charge is 0.492 e. The van der Waals surface area contributed by atoms with Gasteiger partial charge in [-0.05, 0) is 52.3 Å². The van der Waals surface area contributed by atoms with Gasteiger partial charge in [-0.15, -0.1) is 0 Å². The van der Waals surface area contributed by atoms with E-state index in [4.69, 9.17) is 21.1 Å². The fourth-order valence-electron chi connectivity index (χ4n) is 2.47. The molecule has 1 heterocycles. The highest BCUT2D eigenvalue weighted by atomic mass is 35.5. The van der Waals surface area contributed by atoms with E-state index in [0.717, 1.165) is 12.1 Å². The normalized spacial score (nSPS) is 18.0. The molecular formula is C17H25ClN2O3. The number of nitrogens with one attached hydrogen (secondary N) is 1. The van der Waals surface area contributed by atoms with Gasteiger partial charge in [0.15, 0.2) is 0 Å². The van der Waals surface area contributed by atoms with Crippen molar-refractivity contribution in [2.75, 3.05) is 25.0 Å². The molecule has 128 valence electrons. The third-order valence-corrected chi connectivity index (χ3v) is 3.74. The number of amides is 1. The highest BCUT2D eigenvalue weighted by molar-refractivity contribution is 6.32. The van der Waals surface area contributed by atoms with Crippen molar-refractivity contribution in [3.63, 3.8) is 0 Å². The van der Waals surface area contributed by atoms with E-state index in [2.05, 4.69) is 5.32 Å². The number of benzene rings is 1. The molecular weight excluding hydrogens is 316 g/mol. The maximum Gasteiger partial charge on any atom is 0.410 e. The number of rotatable bonds is 4. The molecule has 0 aromatic heterocycles. The highest BCUT2D eigenvalue weighted by Crippen LogP contribution is 2.28. The van der Waals surface area contributed by atoms with Crippen LogP contribution in [-0.4, -0.2) is 42.3 Å². The summed E-state index contributed by atoms with van der Waals surface area (Å²) in [6.07, 6.45) is 0.621. The Bertz CT molecular complexity index is 557. The van der Waals surface area contributed by atoms with Crippen LogP contribution in [0.5, 0.6) is 5.75 Å². The number of ether oxygens (including phenoxy) is 2. The number of hydrogen-bond donors (Lipinski definition) is 1. The van der Waals surface area contributed by atoms with E-state index in [0.29, 0.717) is 30.5 Å². The summed E-state index contributed by atoms with van der Waals surface area (Å²) in [5.74, 6) is 0.682. The first-order chi connectivity index (χ1) is 10.8. The molecule has 1 amide bonds. The van der Waals surface area contributed by atoms with Crippen LogP contribution < -0.4 is 10.1 Å². The molecule has 1 fully saturated rings. The SMILES string of the molecule is CCOc1ccc(NC2CCN(C(=O)OC(C)(C)C)C2)cc1Cl. The molecule has 1 aliphatic heterocycles. The zero-order valence-corrected chi connectivity index (χ0v) is 14.9. The van der Waals surface area contributed by atoms with Crippen LogP contribution in [-0.2, 0) is 4.74 Å². The van der Waals surface area contributed by atoms with Crippen molar-refractivity contribution < 1.29 is 14.3 Å². The van der Waals surface area contributed by atoms with Crippen LogP contribution in [0.1, 0.15) is 34.1 Å². The van der Waals surface area contributed by atoms with Crippen LogP contribution in [0.15, 0.2) is 18.2 Å². The summed E-state index contributed by atoms with van der Waals surface area (Å²) in [5, 5.41) is 3.99. The first-order valence-corrected chi connectivity index (χ1v) is 8.33. The van der Waals surface area contributed by atoms with Crippen LogP contribution in [0.4, 0.5) is 10.5 Å². The summed E-state index contributed by atoms with van der Waals surface area (Å²) in [6.45, 7) is 9.44. The predicted octanol–water partition coefficient (Wildman–Crippen LogP) is 4.16. The van der Waals surface area contributed by atoms with E-state index < -0.39 is 5.60 Å². The average molecular weight is 341 g/mol. The zero-order chi connectivity index (χ0) is 17.0. The quantitative estimate of drug-likeness (QED) is 0.894. The molecule has 2 rings (SSSR count). The topological polar surface area (TPSA) is 50.8 Å². The van der Waals surface area contributed by atoms with Crippen molar-refractivity contribution >= 4 is 23.4 Å². The Balaban J connectivity index is 1.90. The fourth-order valence-corrected chi connectivity index (χ4v) is 2.70. The Labute approximate surface area is 142 Å². The molecule has 1 aromatic rings. The summed E-state index contributed by atoms with van der Waals surface area (Å²) < 4.78 is 10.8. The standard InChI is InChI=1S/C17H25ClN2O3/c1-5-22-15-7-6-12(10-14(15)18)19-13-8-9-20(11-13)16(21)23-17(2,3)4/h6-7,10,13,19H,5,8-9,11H2,1-4H3. The smallest absolute Gasteiger partial charge is 0.410 e. The van der Waals surface area contributed by atoms with Crippen molar-refractivity contribution in [1.29, 1.82) is 0 Å². The molecule has 1 aliphatic rings. The van der Waals surface area contributed by atoms with Crippen LogP contribution in [0.2, 0.25) is 5.02 Å². The lowest BCUT2D eigenvalue weighted by molar-refractivity contribution is 0.0293. The predicted molar refractivity (Wildman–Crippen MR) is 92.5 cm³/mol. The van der Waals surface area contributed by atoms with E-state index in [9.17, 15) is 4.79 Å². The van der Waals surface area contributed by atoms with Gasteiger partial charge in [0, 0.05) is 24.8 Å². The lowest BCUT2D eigenvalue weighted by atomic mass is 10.2. The molecule has 23 heavy (non-hydrogen) atoms. The van der Waals surface area contributed by atoms with Crippen LogP contribution in [0, 0.1) is 0 Å². The van der Waals surface area contributed by atoms with Crippen molar-refractivity contribution in [1.82, 2.24) is 4.90 Å². The lowest BCUT2D eigenvalue weighted by Crippen LogP contribution is -2.36. The number of nitrogens with zero attached hydrogens (tertiary/aromatic N) is 1. The van der Waals surface area contributed by atoms with E-state index in [-0.39, 0.29) is 12.1 Å². The number of likely N-dealkylation sites (tertiary alicyclic amines) is 1. The van der Waals surface area contributed by atoms with Gasteiger partial charge in [0.1, 0.15) is 11.4 Å². The van der Waals surface area contributed by atoms with Gasteiger partial charge in [-0.2, -0.15) is 0 Å². The Morgan fingerprint density at radius 3 is 2.78 bits per heavy atom. The molecule has 0 saturated carbocycles. The van der Waals surface area contributed by atoms with Gasteiger partial charge in [0.2, 0.25) is 0 Å². The van der Waals surface area contributed by atoms with E-state index in [1.54, 1.807) is 4.90 Å². The van der Waals surface area contributed by atoms with Gasteiger partial charge in [-0.3, -0.25) is 0 Å². The van der Waals surface area contributed by atoms with Crippen molar-refractivity contribution in [2.45, 2.75) is 45.8 Å². The molecule has 1 N–H and O–H groups in total. The second-order valence-corrected chi connectivity index (χ2v) is 7.04. The number of anilines is 1. The van der Waals surface area contributed by atoms with Gasteiger partial charge >= 0.3 is 6.09 Å². The van der Waals surface area contributed by atoms with Crippen LogP contribution in [0.25, 0.3) is 0 Å². The summed E-state index contributed by atoms with van der Waals surface area (Å²) in [7, 11) is 0. The Morgan fingerprint density at radius 1 is 1.43 bits per heavy atom. The molecule has 1 aromatic carbocycles. The molecule has 0 radical (unpaired) electrons. The lowest BCUT2D eigenvalue weighted by Gasteiger charge is -2.24. The van der Waals surface area contributed by atoms with E-state index in [1.807, 2.05) is 45.9 Å². The second-order valence-electron chi connectivity index (χ2n) is 6.63. The van der Waals surface area contributed by atoms with Crippen molar-refractivity contribution in [3.8, 4) is 5.75 Å². The summed E-state index contributed by atoms with van der Waals surface area (Å²) in [6, 6.07) is 5.83. The average Bonchev–Trinajstić information content (AvgIpc) is 2.89. The minimum Gasteiger partial charge on any atom is -0.492 e. The van der Waals surface area contributed by atoms with Crippen molar-refractivity contribution in [3.05, 3.63) is 23.2 Å². The van der Waals surface area contributed by atoms with Gasteiger partial charge in [0.25, 0.3) is 0 Å². The monoisotopic (exact) mass is 340 g/mol. The minimum atomic E-state index is -0.467. The Morgan fingerprint density at radius 2 is 2.17 bits per heavy atom. The Kier molecular flexibility index (Phi) is 5.63. The van der Waals surface area contributed by atoms with Crippen LogP contribution in [0.3, 0.4) is 0 Å². The molecule has 5 nitrogen and oxygen atoms in total. The maximum atomic E-state index is 12.1. The first-order valence-electron chi connectivity index (χ1n) is 7.95. The van der Waals surface area contributed by atoms with Gasteiger partial charge in [-0.1, -0.05) is 11.6 Å². The minimum absolute atomic E-state index is 0.191. The van der Waals surface area contributed by atoms with Gasteiger partial charge in [0.05, 0.1) is 11.6 Å². The summed E-state index contributed by atoms with van der Waals surface area (Å²) >= 11 is 6.20. The molecule has 0 aliphatic carbocycles. The number of hydrogen-bond acceptors (Lipinski definition) is 4. The fraction of sp³-hybridized carbons (Fsp3) is 0.588. The summed E-state index contributed by atoms with van der Waals surface area (Å²) in [5.41, 5.74) is 0.458. The highest BCUT2D eigenvalue weighted by Gasteiger charge is 2.29. The maximum absolute atomic E-state index is 12.1. The molecule has 1 atom stereocenters. The van der Waals surface area contributed by atoms with E-state index in [1.165, 1.54) is 0 Å². The number of carbonyl (C=O) groups excluding carboxylic acids is 1. The second kappa shape index (κ2) is 7.30. The summed E-state index contributed by atoms with van der Waals surface area (Å²) in [4.78, 5) is 13.8. The third-order valence-electron chi connectivity index (χ3n) is 3.44. The Hall–Kier alpha value is -1.62. The van der Waals surface area contributed by atoms with Gasteiger partial charge < -0.3 is 19.7 Å². The van der Waals surface area contributed by atoms with E-state index >= 15 is 0 Å². The molecule has 1 saturated heterocycles. The van der Waals surface area contributed by atoms with Crippen molar-refractivity contribution in [2.24, 2.45) is 0 Å².